The van der Waals surface area contributed by atoms with E-state index in [1.54, 1.807) is 24.8 Å². The van der Waals surface area contributed by atoms with Crippen LogP contribution < -0.4 is 19.3 Å². The monoisotopic (exact) mass is 716 g/mol. The number of anilines is 2. The van der Waals surface area contributed by atoms with Crippen LogP contribution in [0, 0.1) is 5.82 Å². The summed E-state index contributed by atoms with van der Waals surface area (Å²) in [5.41, 5.74) is 7.34. The fourth-order valence-electron chi connectivity index (χ4n) is 7.26. The number of aliphatic imine (C=N–C) groups is 2. The largest absolute Gasteiger partial charge is 0.488 e. The number of benzene rings is 2. The first kappa shape index (κ1) is 33.8. The molecule has 0 radical (unpaired) electrons. The van der Waals surface area contributed by atoms with Crippen molar-refractivity contribution in [3.8, 4) is 11.5 Å². The van der Waals surface area contributed by atoms with Gasteiger partial charge in [0.1, 0.15) is 41.2 Å². The van der Waals surface area contributed by atoms with E-state index in [2.05, 4.69) is 59.9 Å². The van der Waals surface area contributed by atoms with Crippen LogP contribution in [0.2, 0.25) is 0 Å². The van der Waals surface area contributed by atoms with Crippen LogP contribution >= 0.6 is 0 Å². The van der Waals surface area contributed by atoms with Crippen LogP contribution in [-0.2, 0) is 17.8 Å². The molecule has 53 heavy (non-hydrogen) atoms. The standard InChI is InChI=1S/C21H23FN4O.C20H22N4O2/c1-21(5-6-21)27-18-10-15-14(9-16(18)22)12-23-20(15)17-11-19(25-13-24-17)26-7-3-2-4-8-26;1-20(4-5-20)26-15-3-2-14-12-21-19(16(14)10-15)17-11-18(23-13-22-17)24-6-8-25-9-7-24/h9-11,13H,2-8,12H2,1H3;2-3,10-11,13H,4-9,12H2,1H3. The average Bonchev–Trinajstić information content (AvgIpc) is 4.00. The molecule has 12 heteroatoms. The lowest BCUT2D eigenvalue weighted by atomic mass is 10.0. The van der Waals surface area contributed by atoms with Gasteiger partial charge < -0.3 is 24.0 Å². The Balaban J connectivity index is 0.000000141. The predicted octanol–water partition coefficient (Wildman–Crippen LogP) is 6.48. The zero-order chi connectivity index (χ0) is 36.0. The number of hydrogen-bond acceptors (Lipinski definition) is 11. The molecule has 6 aliphatic rings. The number of morpholine rings is 1. The van der Waals surface area contributed by atoms with Crippen molar-refractivity contribution in [3.63, 3.8) is 0 Å². The summed E-state index contributed by atoms with van der Waals surface area (Å²) >= 11 is 0. The molecule has 0 amide bonds. The first-order valence-electron chi connectivity index (χ1n) is 19.0. The van der Waals surface area contributed by atoms with E-state index in [4.69, 9.17) is 19.2 Å². The van der Waals surface area contributed by atoms with Gasteiger partial charge in [0.05, 0.1) is 49.1 Å². The summed E-state index contributed by atoms with van der Waals surface area (Å²) in [6.45, 7) is 10.6. The number of halogens is 1. The average molecular weight is 717 g/mol. The Labute approximate surface area is 309 Å². The van der Waals surface area contributed by atoms with Gasteiger partial charge in [0.25, 0.3) is 0 Å². The Morgan fingerprint density at radius 1 is 0.642 bits per heavy atom. The third-order valence-corrected chi connectivity index (χ3v) is 11.0. The zero-order valence-corrected chi connectivity index (χ0v) is 30.5. The summed E-state index contributed by atoms with van der Waals surface area (Å²) in [5.74, 6) is 2.80. The highest BCUT2D eigenvalue weighted by molar-refractivity contribution is 6.15. The molecule has 0 atom stereocenters. The maximum Gasteiger partial charge on any atom is 0.165 e. The maximum atomic E-state index is 14.4. The van der Waals surface area contributed by atoms with E-state index in [1.807, 2.05) is 19.1 Å². The number of rotatable bonds is 8. The van der Waals surface area contributed by atoms with Crippen molar-refractivity contribution in [1.29, 1.82) is 0 Å². The lowest BCUT2D eigenvalue weighted by Crippen LogP contribution is -2.36. The van der Waals surface area contributed by atoms with Crippen molar-refractivity contribution in [2.45, 2.75) is 83.1 Å². The highest BCUT2D eigenvalue weighted by atomic mass is 19.1. The van der Waals surface area contributed by atoms with Crippen molar-refractivity contribution in [2.24, 2.45) is 9.98 Å². The summed E-state index contributed by atoms with van der Waals surface area (Å²) in [6.07, 6.45) is 11.1. The van der Waals surface area contributed by atoms with Gasteiger partial charge in [-0.3, -0.25) is 9.98 Å². The second-order valence-electron chi connectivity index (χ2n) is 15.4. The molecule has 0 N–H and O–H groups in total. The molecular weight excluding hydrogens is 672 g/mol. The molecule has 4 aromatic rings. The molecule has 4 fully saturated rings. The zero-order valence-electron chi connectivity index (χ0n) is 30.5. The van der Waals surface area contributed by atoms with Crippen LogP contribution in [-0.4, -0.2) is 82.0 Å². The molecule has 2 saturated heterocycles. The Morgan fingerprint density at radius 3 is 1.87 bits per heavy atom. The van der Waals surface area contributed by atoms with E-state index in [0.29, 0.717) is 18.8 Å². The topological polar surface area (TPSA) is 110 Å². The number of fused-ring (bicyclic) bond motifs is 2. The summed E-state index contributed by atoms with van der Waals surface area (Å²) in [6, 6.07) is 13.7. The number of piperidine rings is 1. The van der Waals surface area contributed by atoms with Crippen molar-refractivity contribution >= 4 is 23.1 Å². The molecule has 11 nitrogen and oxygen atoms in total. The highest BCUT2D eigenvalue weighted by Gasteiger charge is 2.41. The predicted molar refractivity (Wildman–Crippen MR) is 201 cm³/mol. The van der Waals surface area contributed by atoms with Crippen LogP contribution in [0.3, 0.4) is 0 Å². The quantitative estimate of drug-likeness (QED) is 0.202. The minimum absolute atomic E-state index is 0.0164. The molecule has 2 aromatic carbocycles. The highest BCUT2D eigenvalue weighted by Crippen LogP contribution is 2.42. The SMILES string of the molecule is CC1(Oc2cc3c(cc2F)CN=C3c2cc(N3CCCCC3)ncn2)CC1.CC1(Oc2ccc3c(c2)C(c2cc(N4CCOCC4)ncn2)=NC3)CC1. The Kier molecular flexibility index (Phi) is 8.80. The van der Waals surface area contributed by atoms with Crippen LogP contribution in [0.5, 0.6) is 11.5 Å². The van der Waals surface area contributed by atoms with Gasteiger partial charge in [-0.2, -0.15) is 0 Å². The number of nitrogens with zero attached hydrogens (tertiary/aromatic N) is 8. The molecule has 2 aliphatic carbocycles. The van der Waals surface area contributed by atoms with Crippen molar-refractivity contribution < 1.29 is 18.6 Å². The molecule has 4 aliphatic heterocycles. The molecule has 2 aromatic heterocycles. The molecule has 0 spiro atoms. The van der Waals surface area contributed by atoms with Gasteiger partial charge in [0.15, 0.2) is 11.6 Å². The number of aromatic nitrogens is 4. The number of hydrogen-bond donors (Lipinski definition) is 0. The van der Waals surface area contributed by atoms with E-state index in [0.717, 1.165) is 122 Å². The molecule has 274 valence electrons. The minimum Gasteiger partial charge on any atom is -0.488 e. The lowest BCUT2D eigenvalue weighted by Gasteiger charge is -2.27. The fraction of sp³-hybridized carbons (Fsp3) is 0.463. The van der Waals surface area contributed by atoms with Gasteiger partial charge >= 0.3 is 0 Å². The van der Waals surface area contributed by atoms with Gasteiger partial charge in [-0.1, -0.05) is 6.07 Å². The van der Waals surface area contributed by atoms with Crippen LogP contribution in [0.1, 0.15) is 92.4 Å². The first-order valence-corrected chi connectivity index (χ1v) is 19.0. The normalized spacial score (nSPS) is 20.4. The van der Waals surface area contributed by atoms with Gasteiger partial charge in [-0.25, -0.2) is 24.3 Å². The van der Waals surface area contributed by atoms with Crippen LogP contribution in [0.25, 0.3) is 0 Å². The molecular formula is C41H45FN8O3. The van der Waals surface area contributed by atoms with E-state index in [9.17, 15) is 4.39 Å². The number of ether oxygens (including phenoxy) is 3. The summed E-state index contributed by atoms with van der Waals surface area (Å²) in [7, 11) is 0. The van der Waals surface area contributed by atoms with E-state index >= 15 is 0 Å². The van der Waals surface area contributed by atoms with E-state index in [-0.39, 0.29) is 17.0 Å². The molecule has 2 saturated carbocycles. The van der Waals surface area contributed by atoms with Gasteiger partial charge in [0, 0.05) is 49.4 Å². The molecule has 0 bridgehead atoms. The maximum absolute atomic E-state index is 14.4. The summed E-state index contributed by atoms with van der Waals surface area (Å²) in [5, 5.41) is 0. The van der Waals surface area contributed by atoms with E-state index in [1.165, 1.54) is 24.8 Å². The van der Waals surface area contributed by atoms with Gasteiger partial charge in [0.2, 0.25) is 0 Å². The van der Waals surface area contributed by atoms with Gasteiger partial charge in [-0.15, -0.1) is 0 Å². The van der Waals surface area contributed by atoms with Gasteiger partial charge in [-0.05, 0) is 94.2 Å². The van der Waals surface area contributed by atoms with Crippen molar-refractivity contribution in [2.75, 3.05) is 49.2 Å². The third-order valence-electron chi connectivity index (χ3n) is 11.0. The minimum atomic E-state index is -0.310. The van der Waals surface area contributed by atoms with E-state index < -0.39 is 0 Å². The lowest BCUT2D eigenvalue weighted by molar-refractivity contribution is 0.122. The Bertz CT molecular complexity index is 2080. The third kappa shape index (κ3) is 7.33. The second-order valence-corrected chi connectivity index (χ2v) is 15.4. The molecule has 10 rings (SSSR count). The summed E-state index contributed by atoms with van der Waals surface area (Å²) < 4.78 is 31.9. The Morgan fingerprint density at radius 2 is 1.23 bits per heavy atom. The first-order chi connectivity index (χ1) is 25.8. The van der Waals surface area contributed by atoms with Crippen molar-refractivity contribution in [3.05, 3.63) is 94.6 Å². The Hall–Kier alpha value is -4.97. The summed E-state index contributed by atoms with van der Waals surface area (Å²) in [4.78, 5) is 31.8. The molecule has 6 heterocycles. The fourth-order valence-corrected chi connectivity index (χ4v) is 7.26. The second kappa shape index (κ2) is 13.8. The van der Waals surface area contributed by atoms with Crippen LogP contribution in [0.15, 0.2) is 65.1 Å². The van der Waals surface area contributed by atoms with Crippen LogP contribution in [0.4, 0.5) is 16.0 Å². The smallest absolute Gasteiger partial charge is 0.165 e. The van der Waals surface area contributed by atoms with Crippen molar-refractivity contribution in [1.82, 2.24) is 19.9 Å². The molecule has 0 unspecified atom stereocenters.